The van der Waals surface area contributed by atoms with Crippen LogP contribution in [0.1, 0.15) is 37.3 Å². The molecule has 0 aromatic carbocycles. The minimum atomic E-state index is -1.08. The molecule has 0 unspecified atom stereocenters. The zero-order valence-corrected chi connectivity index (χ0v) is 21.1. The molecule has 39 heavy (non-hydrogen) atoms. The van der Waals surface area contributed by atoms with Gasteiger partial charge in [0, 0.05) is 25.7 Å². The summed E-state index contributed by atoms with van der Waals surface area (Å²) in [6, 6.07) is 0. The maximum Gasteiger partial charge on any atom is 0.303 e. The Hall–Kier alpha value is -4.00. The summed E-state index contributed by atoms with van der Waals surface area (Å²) in [6.07, 6.45) is 0.823. The summed E-state index contributed by atoms with van der Waals surface area (Å²) in [5.74, 6) is -0.751. The van der Waals surface area contributed by atoms with Gasteiger partial charge in [0.25, 0.3) is 0 Å². The lowest BCUT2D eigenvalue weighted by atomic mass is 9.90. The van der Waals surface area contributed by atoms with Crippen LogP contribution in [0.4, 0.5) is 23.8 Å². The third kappa shape index (κ3) is 10.0. The van der Waals surface area contributed by atoms with E-state index in [4.69, 9.17) is 52.1 Å². The van der Waals surface area contributed by atoms with Gasteiger partial charge in [-0.1, -0.05) is 0 Å². The molecule has 10 N–H and O–H groups in total. The Morgan fingerprint density at radius 1 is 0.641 bits per heavy atom. The topological polar surface area (TPSA) is 293 Å². The lowest BCUT2D eigenvalue weighted by Gasteiger charge is -2.43. The molecule has 0 atom stereocenters. The van der Waals surface area contributed by atoms with Crippen LogP contribution in [-0.2, 0) is 41.4 Å². The quantitative estimate of drug-likeness (QED) is 0.209. The van der Waals surface area contributed by atoms with E-state index in [1.54, 1.807) is 0 Å². The van der Waals surface area contributed by atoms with Crippen LogP contribution in [0.15, 0.2) is 0 Å². The molecule has 4 heterocycles. The highest BCUT2D eigenvalue weighted by Gasteiger charge is 2.42. The summed E-state index contributed by atoms with van der Waals surface area (Å²) in [6.45, 7) is 1.86. The van der Waals surface area contributed by atoms with Crippen molar-refractivity contribution in [3.05, 3.63) is 11.6 Å². The van der Waals surface area contributed by atoms with Crippen LogP contribution < -0.4 is 22.9 Å². The number of hydrogen-bond donors (Lipinski definition) is 6. The molecule has 2 aromatic rings. The van der Waals surface area contributed by atoms with Crippen LogP contribution in [0.5, 0.6) is 0 Å². The van der Waals surface area contributed by atoms with Gasteiger partial charge < -0.3 is 52.1 Å². The summed E-state index contributed by atoms with van der Waals surface area (Å²) in [7, 11) is 0. The number of aryl methyl sites for hydroxylation is 2. The van der Waals surface area contributed by atoms with Crippen molar-refractivity contribution in [2.75, 3.05) is 49.4 Å². The average molecular weight is 553 g/mol. The first-order chi connectivity index (χ1) is 18.5. The number of aromatic nitrogens is 6. The van der Waals surface area contributed by atoms with Crippen LogP contribution in [0.25, 0.3) is 0 Å². The molecule has 18 heteroatoms. The third-order valence-corrected chi connectivity index (χ3v) is 5.49. The monoisotopic (exact) mass is 552 g/mol. The van der Waals surface area contributed by atoms with Gasteiger partial charge in [0.1, 0.15) is 11.6 Å². The lowest BCUT2D eigenvalue weighted by molar-refractivity contribution is -0.303. The summed E-state index contributed by atoms with van der Waals surface area (Å²) in [5, 5.41) is 15.8. The lowest BCUT2D eigenvalue weighted by Crippen LogP contribution is -2.52. The molecule has 2 fully saturated rings. The van der Waals surface area contributed by atoms with E-state index < -0.39 is 11.9 Å². The Balaban J connectivity index is 0.000000459. The second-order valence-corrected chi connectivity index (χ2v) is 8.90. The second-order valence-electron chi connectivity index (χ2n) is 8.90. The number of ether oxygens (including phenoxy) is 4. The number of nitrogens with two attached hydrogens (primary N) is 4. The van der Waals surface area contributed by atoms with Crippen LogP contribution in [0.2, 0.25) is 0 Å². The molecular weight excluding hydrogens is 520 g/mol. The Morgan fingerprint density at radius 2 is 0.949 bits per heavy atom. The van der Waals surface area contributed by atoms with Crippen molar-refractivity contribution in [3.63, 3.8) is 0 Å². The molecule has 2 saturated heterocycles. The molecule has 1 spiro atoms. The molecule has 0 bridgehead atoms. The summed E-state index contributed by atoms with van der Waals surface area (Å²) >= 11 is 0. The highest BCUT2D eigenvalue weighted by atomic mass is 16.7. The van der Waals surface area contributed by atoms with Crippen molar-refractivity contribution in [1.29, 1.82) is 0 Å². The number of aliphatic carboxylic acids is 2. The minimum Gasteiger partial charge on any atom is -0.481 e. The van der Waals surface area contributed by atoms with E-state index in [9.17, 15) is 9.59 Å². The summed E-state index contributed by atoms with van der Waals surface area (Å²) in [4.78, 5) is 43.0. The normalized spacial score (nSPS) is 22.6. The van der Waals surface area contributed by atoms with Crippen molar-refractivity contribution in [1.82, 2.24) is 29.9 Å². The van der Waals surface area contributed by atoms with Gasteiger partial charge in [0.05, 0.1) is 44.7 Å². The van der Waals surface area contributed by atoms with Crippen LogP contribution in [-0.4, -0.2) is 91.1 Å². The Kier molecular flexibility index (Phi) is 10.4. The van der Waals surface area contributed by atoms with Crippen molar-refractivity contribution in [3.8, 4) is 0 Å². The average Bonchev–Trinajstić information content (AvgIpc) is 2.86. The van der Waals surface area contributed by atoms with E-state index in [-0.39, 0.29) is 54.6 Å². The number of carboxylic acid groups (broad SMARTS) is 2. The molecule has 0 aliphatic carbocycles. The Morgan fingerprint density at radius 3 is 1.23 bits per heavy atom. The van der Waals surface area contributed by atoms with Crippen molar-refractivity contribution in [2.24, 2.45) is 5.41 Å². The van der Waals surface area contributed by atoms with Crippen molar-refractivity contribution >= 4 is 35.7 Å². The molecular formula is C21H32N10O8. The van der Waals surface area contributed by atoms with Gasteiger partial charge in [-0.2, -0.15) is 29.9 Å². The van der Waals surface area contributed by atoms with Crippen LogP contribution in [0, 0.1) is 5.41 Å². The number of carboxylic acids is 2. The smallest absolute Gasteiger partial charge is 0.303 e. The maximum absolute atomic E-state index is 9.64. The summed E-state index contributed by atoms with van der Waals surface area (Å²) < 4.78 is 23.5. The first-order valence-corrected chi connectivity index (χ1v) is 11.9. The number of carbonyl (C=O) groups is 2. The van der Waals surface area contributed by atoms with Crippen LogP contribution >= 0.6 is 0 Å². The van der Waals surface area contributed by atoms with E-state index in [0.717, 1.165) is 0 Å². The van der Waals surface area contributed by atoms with E-state index >= 15 is 0 Å². The molecule has 2 aromatic heterocycles. The predicted molar refractivity (Wildman–Crippen MR) is 132 cm³/mol. The number of rotatable bonds is 9. The van der Waals surface area contributed by atoms with Gasteiger partial charge in [0.15, 0.2) is 12.6 Å². The fraction of sp³-hybridized carbons (Fsp3) is 0.619. The molecule has 0 saturated carbocycles. The molecule has 18 nitrogen and oxygen atoms in total. The SMILES string of the molecule is Nc1nc(N)nc(CCC2OCC3(CO2)COC(CCc2nc(N)nc(N)n2)OC3)n1.O=C(O)CCC(=O)O. The molecule has 2 aliphatic rings. The highest BCUT2D eigenvalue weighted by molar-refractivity contribution is 5.75. The Bertz CT molecular complexity index is 992. The van der Waals surface area contributed by atoms with Crippen LogP contribution in [0.3, 0.4) is 0 Å². The molecule has 0 radical (unpaired) electrons. The number of anilines is 4. The van der Waals surface area contributed by atoms with E-state index in [1.807, 2.05) is 0 Å². The molecule has 4 rings (SSSR count). The third-order valence-electron chi connectivity index (χ3n) is 5.49. The number of nitrogens with zero attached hydrogens (tertiary/aromatic N) is 6. The largest absolute Gasteiger partial charge is 0.481 e. The van der Waals surface area contributed by atoms with Gasteiger partial charge in [0.2, 0.25) is 23.8 Å². The number of hydrogen-bond acceptors (Lipinski definition) is 16. The highest BCUT2D eigenvalue weighted by Crippen LogP contribution is 2.32. The number of nitrogen functional groups attached to an aromatic ring is 4. The molecule has 2 aliphatic heterocycles. The van der Waals surface area contributed by atoms with Crippen molar-refractivity contribution < 1.29 is 38.7 Å². The first-order valence-electron chi connectivity index (χ1n) is 11.9. The van der Waals surface area contributed by atoms with E-state index in [0.29, 0.717) is 63.8 Å². The Labute approximate surface area is 222 Å². The fourth-order valence-corrected chi connectivity index (χ4v) is 3.60. The van der Waals surface area contributed by atoms with Gasteiger partial charge in [-0.3, -0.25) is 9.59 Å². The van der Waals surface area contributed by atoms with E-state index in [2.05, 4.69) is 29.9 Å². The second kappa shape index (κ2) is 13.7. The van der Waals surface area contributed by atoms with Crippen molar-refractivity contribution in [2.45, 2.75) is 51.1 Å². The molecule has 0 amide bonds. The summed E-state index contributed by atoms with van der Waals surface area (Å²) in [5.41, 5.74) is 22.0. The maximum atomic E-state index is 9.64. The predicted octanol–water partition coefficient (Wildman–Crippen LogP) is -1.38. The van der Waals surface area contributed by atoms with Gasteiger partial charge in [-0.05, 0) is 0 Å². The van der Waals surface area contributed by atoms with Gasteiger partial charge in [-0.15, -0.1) is 0 Å². The minimum absolute atomic E-state index is 0.0976. The van der Waals surface area contributed by atoms with Gasteiger partial charge in [-0.25, -0.2) is 0 Å². The standard InChI is InChI=1S/C17H26N10O4.C4H6O4/c18-13-22-9(23-14(19)26-13)1-3-11-28-5-17(6-29-11)7-30-12(31-8-17)4-2-10-24-15(20)27-16(21)25-10;5-3(6)1-2-4(7)8/h11-12H,1-8H2,(H4,18,19,22,23,26)(H4,20,21,24,25,27);1-2H2,(H,5,6)(H,7,8). The fourth-order valence-electron chi connectivity index (χ4n) is 3.60. The zero-order chi connectivity index (χ0) is 28.4. The van der Waals surface area contributed by atoms with E-state index in [1.165, 1.54) is 0 Å². The first kappa shape index (κ1) is 29.6. The van der Waals surface area contributed by atoms with Gasteiger partial charge >= 0.3 is 11.9 Å². The zero-order valence-electron chi connectivity index (χ0n) is 21.1. The molecule has 214 valence electrons.